The standard InChI is InChI=1S/C32H36F2N4O6/c1-41-27-11-23-25(35-15-21-9-19(33)17-37(21)31(23)39)13-29(27)43-7-5-3-4-6-8-44-30-14-26-24(12-28(30)42-2)32(40)38-18-20(34)10-22(38)16-36-26/h11-16,19-22H,3-10,17-18H2,1-2H3/t19-,20-,21-,22-/m0/s1. The van der Waals surface area contributed by atoms with Gasteiger partial charge in [-0.2, -0.15) is 0 Å². The first-order valence-corrected chi connectivity index (χ1v) is 15.0. The second-order valence-corrected chi connectivity index (χ2v) is 11.4. The largest absolute Gasteiger partial charge is 0.493 e. The van der Waals surface area contributed by atoms with Crippen molar-refractivity contribution in [1.29, 1.82) is 0 Å². The van der Waals surface area contributed by atoms with E-state index < -0.39 is 12.3 Å². The number of carbonyl (C=O) groups is 2. The number of amides is 2. The molecule has 0 spiro atoms. The van der Waals surface area contributed by atoms with Crippen molar-refractivity contribution >= 4 is 35.6 Å². The number of aliphatic imine (C=N–C) groups is 2. The van der Waals surface area contributed by atoms with Gasteiger partial charge < -0.3 is 28.7 Å². The molecule has 0 bridgehead atoms. The first-order chi connectivity index (χ1) is 21.4. The average Bonchev–Trinajstić information content (AvgIpc) is 3.53. The maximum Gasteiger partial charge on any atom is 0.256 e. The lowest BCUT2D eigenvalue weighted by Gasteiger charge is -2.20. The van der Waals surface area contributed by atoms with E-state index >= 15 is 0 Å². The molecule has 4 atom stereocenters. The average molecular weight is 611 g/mol. The lowest BCUT2D eigenvalue weighted by atomic mass is 10.1. The molecular weight excluding hydrogens is 574 g/mol. The summed E-state index contributed by atoms with van der Waals surface area (Å²) < 4.78 is 50.7. The van der Waals surface area contributed by atoms with E-state index in [0.717, 1.165) is 25.7 Å². The van der Waals surface area contributed by atoms with Crippen molar-refractivity contribution in [3.63, 3.8) is 0 Å². The third kappa shape index (κ3) is 5.94. The highest BCUT2D eigenvalue weighted by molar-refractivity contribution is 6.04. The van der Waals surface area contributed by atoms with Gasteiger partial charge in [0.2, 0.25) is 0 Å². The number of alkyl halides is 2. The van der Waals surface area contributed by atoms with Crippen LogP contribution in [0, 0.1) is 0 Å². The summed E-state index contributed by atoms with van der Waals surface area (Å²) in [7, 11) is 3.03. The minimum Gasteiger partial charge on any atom is -0.493 e. The van der Waals surface area contributed by atoms with Crippen LogP contribution in [-0.4, -0.2) is 99.0 Å². The van der Waals surface area contributed by atoms with Crippen LogP contribution in [0.5, 0.6) is 23.0 Å². The van der Waals surface area contributed by atoms with Gasteiger partial charge in [0.15, 0.2) is 23.0 Å². The van der Waals surface area contributed by atoms with Crippen LogP contribution in [0.1, 0.15) is 59.2 Å². The summed E-state index contributed by atoms with van der Waals surface area (Å²) in [5.41, 5.74) is 1.73. The van der Waals surface area contributed by atoms with E-state index in [4.69, 9.17) is 18.9 Å². The molecular formula is C32H36F2N4O6. The van der Waals surface area contributed by atoms with E-state index in [1.165, 1.54) is 24.0 Å². The van der Waals surface area contributed by atoms with Crippen molar-refractivity contribution in [2.75, 3.05) is 40.5 Å². The lowest BCUT2D eigenvalue weighted by Crippen LogP contribution is -2.35. The third-order valence-electron chi connectivity index (χ3n) is 8.46. The van der Waals surface area contributed by atoms with Crippen molar-refractivity contribution in [2.45, 2.75) is 63.0 Å². The van der Waals surface area contributed by atoms with Crippen LogP contribution in [0.25, 0.3) is 0 Å². The third-order valence-corrected chi connectivity index (χ3v) is 8.46. The van der Waals surface area contributed by atoms with Crippen molar-refractivity contribution in [3.8, 4) is 23.0 Å². The molecule has 12 heteroatoms. The number of benzene rings is 2. The molecule has 0 unspecified atom stereocenters. The van der Waals surface area contributed by atoms with Crippen molar-refractivity contribution in [1.82, 2.24) is 9.80 Å². The maximum atomic E-state index is 13.9. The molecule has 44 heavy (non-hydrogen) atoms. The Labute approximate surface area is 254 Å². The summed E-state index contributed by atoms with van der Waals surface area (Å²) in [5, 5.41) is 0. The molecule has 234 valence electrons. The van der Waals surface area contributed by atoms with Gasteiger partial charge in [-0.05, 0) is 37.8 Å². The van der Waals surface area contributed by atoms with E-state index in [-0.39, 0.29) is 49.8 Å². The van der Waals surface area contributed by atoms with Gasteiger partial charge in [-0.25, -0.2) is 8.78 Å². The number of ether oxygens (including phenoxy) is 4. The van der Waals surface area contributed by atoms with Gasteiger partial charge in [0.25, 0.3) is 11.8 Å². The monoisotopic (exact) mass is 610 g/mol. The fourth-order valence-electron chi connectivity index (χ4n) is 6.14. The van der Waals surface area contributed by atoms with Gasteiger partial charge in [0.1, 0.15) is 12.3 Å². The molecule has 4 aliphatic rings. The molecule has 0 N–H and O–H groups in total. The van der Waals surface area contributed by atoms with Gasteiger partial charge >= 0.3 is 0 Å². The molecule has 0 radical (unpaired) electrons. The first kappa shape index (κ1) is 29.8. The summed E-state index contributed by atoms with van der Waals surface area (Å²) in [6, 6.07) is 5.97. The van der Waals surface area contributed by atoms with Gasteiger partial charge in [-0.3, -0.25) is 19.6 Å². The number of rotatable bonds is 11. The normalized spacial score (nSPS) is 23.5. The first-order valence-electron chi connectivity index (χ1n) is 15.0. The molecule has 2 aromatic carbocycles. The molecule has 0 aliphatic carbocycles. The molecule has 0 aromatic heterocycles. The second kappa shape index (κ2) is 12.8. The predicted octanol–water partition coefficient (Wildman–Crippen LogP) is 5.26. The quantitative estimate of drug-likeness (QED) is 0.322. The minimum absolute atomic E-state index is 0.0686. The van der Waals surface area contributed by atoms with Crippen LogP contribution in [0.15, 0.2) is 34.3 Å². The lowest BCUT2D eigenvalue weighted by molar-refractivity contribution is 0.0758. The Hall–Kier alpha value is -4.22. The van der Waals surface area contributed by atoms with E-state index in [0.29, 0.717) is 58.7 Å². The molecule has 4 heterocycles. The zero-order chi connectivity index (χ0) is 30.8. The van der Waals surface area contributed by atoms with Gasteiger partial charge in [0, 0.05) is 37.4 Å². The molecule has 0 saturated carbocycles. The van der Waals surface area contributed by atoms with Crippen LogP contribution in [0.3, 0.4) is 0 Å². The van der Waals surface area contributed by atoms with Crippen LogP contribution < -0.4 is 18.9 Å². The molecule has 2 fully saturated rings. The highest BCUT2D eigenvalue weighted by Gasteiger charge is 2.39. The molecule has 2 saturated heterocycles. The van der Waals surface area contributed by atoms with Crippen molar-refractivity contribution < 1.29 is 37.3 Å². The van der Waals surface area contributed by atoms with Crippen LogP contribution >= 0.6 is 0 Å². The number of hydrogen-bond donors (Lipinski definition) is 0. The molecule has 6 rings (SSSR count). The fraction of sp³-hybridized carbons (Fsp3) is 0.500. The Morgan fingerprint density at radius 1 is 0.682 bits per heavy atom. The topological polar surface area (TPSA) is 102 Å². The van der Waals surface area contributed by atoms with E-state index in [2.05, 4.69) is 9.98 Å². The summed E-state index contributed by atoms with van der Waals surface area (Å²) in [4.78, 5) is 38.0. The SMILES string of the molecule is COc1cc2c(cc1OCCCCCCOc1cc3c(cc1OC)C(=O)N1C[C@@H](F)C[C@H]1C=N3)N=C[C@@H]1C[C@H](F)CN1C2=O. The van der Waals surface area contributed by atoms with Crippen molar-refractivity contribution in [3.05, 3.63) is 35.4 Å². The van der Waals surface area contributed by atoms with Gasteiger partial charge in [0.05, 0.1) is 75.1 Å². The summed E-state index contributed by atoms with van der Waals surface area (Å²) >= 11 is 0. The summed E-state index contributed by atoms with van der Waals surface area (Å²) in [6.07, 6.45) is 5.11. The zero-order valence-corrected chi connectivity index (χ0v) is 24.8. The Balaban J connectivity index is 0.980. The number of hydrogen-bond acceptors (Lipinski definition) is 8. The maximum absolute atomic E-state index is 13.9. The molecule has 2 aromatic rings. The van der Waals surface area contributed by atoms with E-state index in [1.54, 1.807) is 36.7 Å². The van der Waals surface area contributed by atoms with Crippen molar-refractivity contribution in [2.24, 2.45) is 9.98 Å². The number of methoxy groups -OCH3 is 2. The van der Waals surface area contributed by atoms with Gasteiger partial charge in [-0.15, -0.1) is 0 Å². The highest BCUT2D eigenvalue weighted by Crippen LogP contribution is 2.40. The number of halogens is 2. The molecule has 10 nitrogen and oxygen atoms in total. The molecule has 2 amide bonds. The summed E-state index contributed by atoms with van der Waals surface area (Å²) in [5.74, 6) is 1.37. The highest BCUT2D eigenvalue weighted by atomic mass is 19.1. The Kier molecular flexibility index (Phi) is 8.67. The Morgan fingerprint density at radius 3 is 1.52 bits per heavy atom. The van der Waals surface area contributed by atoms with E-state index in [9.17, 15) is 18.4 Å². The summed E-state index contributed by atoms with van der Waals surface area (Å²) in [6.45, 7) is 1.05. The van der Waals surface area contributed by atoms with Crippen LogP contribution in [0.4, 0.5) is 20.2 Å². The van der Waals surface area contributed by atoms with Gasteiger partial charge in [-0.1, -0.05) is 0 Å². The Bertz CT molecular complexity index is 1370. The second-order valence-electron chi connectivity index (χ2n) is 11.4. The smallest absolute Gasteiger partial charge is 0.256 e. The zero-order valence-electron chi connectivity index (χ0n) is 24.8. The minimum atomic E-state index is -1.04. The Morgan fingerprint density at radius 2 is 1.11 bits per heavy atom. The number of nitrogens with zero attached hydrogens (tertiary/aromatic N) is 4. The predicted molar refractivity (Wildman–Crippen MR) is 160 cm³/mol. The van der Waals surface area contributed by atoms with Crippen LogP contribution in [0.2, 0.25) is 0 Å². The van der Waals surface area contributed by atoms with Crippen LogP contribution in [-0.2, 0) is 0 Å². The number of carbonyl (C=O) groups excluding carboxylic acids is 2. The molecule has 4 aliphatic heterocycles. The van der Waals surface area contributed by atoms with E-state index in [1.807, 2.05) is 0 Å². The fourth-order valence-corrected chi connectivity index (χ4v) is 6.14. The number of unbranched alkanes of at least 4 members (excludes halogenated alkanes) is 3. The number of fused-ring (bicyclic) bond motifs is 4.